The van der Waals surface area contributed by atoms with Crippen LogP contribution in [0.2, 0.25) is 0 Å². The largest absolute Gasteiger partial charge is 0.495 e. The number of piperazine rings is 1. The molecule has 0 unspecified atom stereocenters. The predicted molar refractivity (Wildman–Crippen MR) is 132 cm³/mol. The zero-order chi connectivity index (χ0) is 23.0. The van der Waals surface area contributed by atoms with E-state index in [9.17, 15) is 4.79 Å². The molecule has 1 aliphatic heterocycles. The first kappa shape index (κ1) is 22.5. The Morgan fingerprint density at radius 3 is 2.76 bits per heavy atom. The lowest BCUT2D eigenvalue weighted by atomic mass is 10.2. The summed E-state index contributed by atoms with van der Waals surface area (Å²) in [6, 6.07) is 18.1. The summed E-state index contributed by atoms with van der Waals surface area (Å²) < 4.78 is 11.0. The highest BCUT2D eigenvalue weighted by Crippen LogP contribution is 2.28. The maximum atomic E-state index is 11.0. The number of furan rings is 1. The molecule has 0 spiro atoms. The number of nitrogens with one attached hydrogen (secondary N) is 1. The van der Waals surface area contributed by atoms with E-state index in [2.05, 4.69) is 38.2 Å². The predicted octanol–water partition coefficient (Wildman–Crippen LogP) is 4.22. The Bertz CT molecular complexity index is 1160. The van der Waals surface area contributed by atoms with Crippen LogP contribution in [0, 0.1) is 6.07 Å². The number of primary amides is 1. The Labute approximate surface area is 193 Å². The molecule has 2 aromatic carbocycles. The van der Waals surface area contributed by atoms with E-state index in [1.54, 1.807) is 13.2 Å². The maximum absolute atomic E-state index is 11.0. The molecule has 3 aromatic rings. The minimum absolute atomic E-state index is 0.329. The number of nitrogens with zero attached hydrogens (tertiary/aromatic N) is 3. The van der Waals surface area contributed by atoms with Gasteiger partial charge in [0.25, 0.3) is 6.54 Å². The number of carbonyl (C=O) groups is 1. The van der Waals surface area contributed by atoms with Crippen molar-refractivity contribution in [3.63, 3.8) is 0 Å². The highest BCUT2D eigenvalue weighted by atomic mass is 16.5. The van der Waals surface area contributed by atoms with Crippen LogP contribution in [0.25, 0.3) is 15.8 Å². The molecule has 33 heavy (non-hydrogen) atoms. The first-order valence-corrected chi connectivity index (χ1v) is 11.3. The molecular formula is C25H30N5O3+. The van der Waals surface area contributed by atoms with Gasteiger partial charge >= 0.3 is 12.1 Å². The second-order valence-corrected chi connectivity index (χ2v) is 8.05. The Balaban J connectivity index is 1.18. The summed E-state index contributed by atoms with van der Waals surface area (Å²) >= 11 is 0. The number of ether oxygens (including phenoxy) is 1. The number of benzene rings is 2. The fourth-order valence-electron chi connectivity index (χ4n) is 4.07. The Kier molecular flexibility index (Phi) is 7.33. The number of hydrogen-bond donors (Lipinski definition) is 2. The summed E-state index contributed by atoms with van der Waals surface area (Å²) in [7, 11) is 1.73. The first-order chi connectivity index (χ1) is 16.1. The highest BCUT2D eigenvalue weighted by molar-refractivity contribution is 5.90. The second-order valence-electron chi connectivity index (χ2n) is 8.05. The van der Waals surface area contributed by atoms with Crippen molar-refractivity contribution < 1.29 is 13.9 Å². The number of nitrogens with two attached hydrogens (primary N) is 1. The van der Waals surface area contributed by atoms with Crippen molar-refractivity contribution in [2.24, 2.45) is 5.73 Å². The Morgan fingerprint density at radius 1 is 1.15 bits per heavy atom. The number of rotatable bonds is 7. The van der Waals surface area contributed by atoms with Crippen LogP contribution >= 0.6 is 0 Å². The maximum Gasteiger partial charge on any atom is 0.318 e. The smallest absolute Gasteiger partial charge is 0.318 e. The standard InChI is InChI=1S/C25H29N5O3/c1-32-23-7-3-2-6-21(23)30-14-12-29(13-15-30)11-5-4-10-27-18-19-8-9-22-20(16-19)17-24(33-22)28-25(26)31/h2-3,6-9,16-17H,4-5,10-15H2,1H3,(H2-,26,28,31)/p+1. The van der Waals surface area contributed by atoms with Crippen LogP contribution < -0.4 is 20.7 Å². The van der Waals surface area contributed by atoms with Gasteiger partial charge in [0, 0.05) is 44.1 Å². The van der Waals surface area contributed by atoms with Crippen molar-refractivity contribution >= 4 is 28.6 Å². The number of fused-ring (bicyclic) bond motifs is 1. The van der Waals surface area contributed by atoms with Crippen molar-refractivity contribution in [2.75, 3.05) is 56.6 Å². The summed E-state index contributed by atoms with van der Waals surface area (Å²) in [6.07, 6.45) is 2.14. The van der Waals surface area contributed by atoms with Gasteiger partial charge in [0.15, 0.2) is 0 Å². The SMILES string of the molecule is COc1ccccc1N1CCN(CCCC[N+]#Cc2ccc3oc(NC(N)=O)cc3c2)CC1. The summed E-state index contributed by atoms with van der Waals surface area (Å²) in [5.41, 5.74) is 7.85. The lowest BCUT2D eigenvalue weighted by molar-refractivity contribution is 0.253. The van der Waals surface area contributed by atoms with Crippen LogP contribution in [0.5, 0.6) is 5.75 Å². The van der Waals surface area contributed by atoms with Gasteiger partial charge in [0.2, 0.25) is 5.88 Å². The summed E-state index contributed by atoms with van der Waals surface area (Å²) in [5, 5.41) is 3.31. The van der Waals surface area contributed by atoms with Crippen LogP contribution in [0.4, 0.5) is 16.4 Å². The zero-order valence-electron chi connectivity index (χ0n) is 18.9. The molecule has 2 amide bonds. The summed E-state index contributed by atoms with van der Waals surface area (Å²) in [4.78, 5) is 20.3. The second kappa shape index (κ2) is 10.7. The molecule has 172 valence electrons. The molecule has 0 aliphatic carbocycles. The third kappa shape index (κ3) is 5.96. The molecule has 1 fully saturated rings. The van der Waals surface area contributed by atoms with E-state index in [4.69, 9.17) is 14.9 Å². The van der Waals surface area contributed by atoms with Crippen molar-refractivity contribution in [1.82, 2.24) is 4.90 Å². The van der Waals surface area contributed by atoms with Crippen molar-refractivity contribution in [1.29, 1.82) is 0 Å². The number of carbonyl (C=O) groups excluding carboxylic acids is 1. The van der Waals surface area contributed by atoms with E-state index < -0.39 is 6.03 Å². The van der Waals surface area contributed by atoms with Gasteiger partial charge in [-0.2, -0.15) is 0 Å². The molecule has 1 aliphatic rings. The molecule has 2 heterocycles. The van der Waals surface area contributed by atoms with Crippen LogP contribution in [0.3, 0.4) is 0 Å². The molecule has 0 radical (unpaired) electrons. The number of para-hydroxylation sites is 2. The zero-order valence-corrected chi connectivity index (χ0v) is 18.9. The van der Waals surface area contributed by atoms with Gasteiger partial charge in [-0.25, -0.2) is 4.79 Å². The van der Waals surface area contributed by atoms with Gasteiger partial charge < -0.3 is 19.8 Å². The van der Waals surface area contributed by atoms with Crippen molar-refractivity contribution in [3.8, 4) is 11.8 Å². The number of urea groups is 1. The number of anilines is 2. The topological polar surface area (TPSA) is 88.3 Å². The van der Waals surface area contributed by atoms with Gasteiger partial charge in [0.1, 0.15) is 16.9 Å². The fraction of sp³-hybridized carbons (Fsp3) is 0.360. The summed E-state index contributed by atoms with van der Waals surface area (Å²) in [5.74, 6) is 1.27. The van der Waals surface area contributed by atoms with E-state index in [0.29, 0.717) is 11.5 Å². The highest BCUT2D eigenvalue weighted by Gasteiger charge is 2.19. The molecule has 1 aromatic heterocycles. The molecule has 1 saturated heterocycles. The van der Waals surface area contributed by atoms with E-state index in [0.717, 1.165) is 68.8 Å². The monoisotopic (exact) mass is 448 g/mol. The third-order valence-corrected chi connectivity index (χ3v) is 5.76. The number of unbranched alkanes of at least 4 members (excludes halogenated alkanes) is 1. The van der Waals surface area contributed by atoms with Crippen molar-refractivity contribution in [3.05, 3.63) is 58.9 Å². The molecule has 0 atom stereocenters. The lowest BCUT2D eigenvalue weighted by Crippen LogP contribution is -2.46. The van der Waals surface area contributed by atoms with Gasteiger partial charge in [-0.05, 0) is 43.3 Å². The first-order valence-electron chi connectivity index (χ1n) is 11.3. The summed E-state index contributed by atoms with van der Waals surface area (Å²) in [6.45, 7) is 5.99. The molecular weight excluding hydrogens is 418 g/mol. The minimum Gasteiger partial charge on any atom is -0.495 e. The molecule has 4 rings (SSSR count). The molecule has 3 N–H and O–H groups in total. The number of hydrogen-bond acceptors (Lipinski definition) is 5. The average molecular weight is 449 g/mol. The van der Waals surface area contributed by atoms with E-state index in [1.165, 1.54) is 5.69 Å². The number of methoxy groups -OCH3 is 1. The molecule has 0 bridgehead atoms. The number of amides is 2. The molecule has 0 saturated carbocycles. The van der Waals surface area contributed by atoms with Gasteiger partial charge in [-0.3, -0.25) is 10.2 Å². The Morgan fingerprint density at radius 2 is 1.97 bits per heavy atom. The quantitative estimate of drug-likeness (QED) is 0.529. The lowest BCUT2D eigenvalue weighted by Gasteiger charge is -2.36. The molecule has 8 heteroatoms. The average Bonchev–Trinajstić information content (AvgIpc) is 3.22. The van der Waals surface area contributed by atoms with Gasteiger partial charge in [-0.1, -0.05) is 17.0 Å². The minimum atomic E-state index is -0.652. The Hall–Kier alpha value is -3.70. The normalized spacial score (nSPS) is 14.0. The van der Waals surface area contributed by atoms with E-state index in [1.807, 2.05) is 30.3 Å². The van der Waals surface area contributed by atoms with Gasteiger partial charge in [-0.15, -0.1) is 0 Å². The van der Waals surface area contributed by atoms with Crippen LogP contribution in [0.1, 0.15) is 18.4 Å². The van der Waals surface area contributed by atoms with Crippen LogP contribution in [-0.4, -0.2) is 57.3 Å². The van der Waals surface area contributed by atoms with E-state index in [-0.39, 0.29) is 0 Å². The molecule has 8 nitrogen and oxygen atoms in total. The van der Waals surface area contributed by atoms with Crippen molar-refractivity contribution in [2.45, 2.75) is 12.8 Å². The van der Waals surface area contributed by atoms with Crippen LogP contribution in [0.15, 0.2) is 52.9 Å². The van der Waals surface area contributed by atoms with E-state index >= 15 is 0 Å². The third-order valence-electron chi connectivity index (χ3n) is 5.76. The fourth-order valence-corrected chi connectivity index (χ4v) is 4.07. The van der Waals surface area contributed by atoms with Gasteiger partial charge in [0.05, 0.1) is 12.8 Å². The van der Waals surface area contributed by atoms with Crippen LogP contribution in [-0.2, 0) is 0 Å².